The second kappa shape index (κ2) is 10.8. The van der Waals surface area contributed by atoms with Crippen LogP contribution in [0.4, 0.5) is 20.3 Å². The second-order valence-corrected chi connectivity index (χ2v) is 10.3. The molecule has 0 saturated carbocycles. The van der Waals surface area contributed by atoms with Crippen LogP contribution in [0.3, 0.4) is 0 Å². The van der Waals surface area contributed by atoms with Crippen molar-refractivity contribution in [1.29, 1.82) is 0 Å². The van der Waals surface area contributed by atoms with Crippen molar-refractivity contribution < 1.29 is 18.4 Å². The minimum Gasteiger partial charge on any atom is -0.357 e. The molecule has 2 aliphatic rings. The van der Waals surface area contributed by atoms with Crippen LogP contribution in [-0.4, -0.2) is 51.4 Å². The van der Waals surface area contributed by atoms with E-state index in [4.69, 9.17) is 4.98 Å². The van der Waals surface area contributed by atoms with Gasteiger partial charge < -0.3 is 15.5 Å². The lowest BCUT2D eigenvalue weighted by Gasteiger charge is -2.16. The maximum Gasteiger partial charge on any atom is 0.269 e. The van der Waals surface area contributed by atoms with Gasteiger partial charge in [0.2, 0.25) is 6.17 Å². The van der Waals surface area contributed by atoms with E-state index in [1.54, 1.807) is 54.7 Å². The molecule has 214 valence electrons. The molecule has 0 radical (unpaired) electrons. The van der Waals surface area contributed by atoms with E-state index in [0.717, 1.165) is 25.9 Å². The number of benzodiazepines with no additional fused rings is 1. The van der Waals surface area contributed by atoms with Crippen molar-refractivity contribution in [3.63, 3.8) is 0 Å². The fourth-order valence-corrected chi connectivity index (χ4v) is 5.51. The molecule has 2 aromatic heterocycles. The van der Waals surface area contributed by atoms with E-state index in [1.807, 2.05) is 6.07 Å². The summed E-state index contributed by atoms with van der Waals surface area (Å²) in [4.78, 5) is 39.0. The van der Waals surface area contributed by atoms with E-state index in [0.29, 0.717) is 22.7 Å². The summed E-state index contributed by atoms with van der Waals surface area (Å²) in [5.41, 5.74) is 1.65. The minimum atomic E-state index is -1.44. The number of halogens is 2. The Labute approximate surface area is 244 Å². The molecular weight excluding hydrogens is 552 g/mol. The molecule has 0 unspecified atom stereocenters. The van der Waals surface area contributed by atoms with E-state index in [1.165, 1.54) is 28.8 Å². The number of carbonyl (C=O) groups is 2. The molecule has 5 aromatic rings. The third-order valence-electron chi connectivity index (χ3n) is 7.60. The van der Waals surface area contributed by atoms with Gasteiger partial charge in [0.1, 0.15) is 28.7 Å². The minimum absolute atomic E-state index is 0.0108. The van der Waals surface area contributed by atoms with Gasteiger partial charge in [0.15, 0.2) is 5.65 Å². The number of benzene rings is 3. The largest absolute Gasteiger partial charge is 0.357 e. The molecule has 3 aromatic carbocycles. The van der Waals surface area contributed by atoms with Gasteiger partial charge in [-0.1, -0.05) is 54.6 Å². The summed E-state index contributed by atoms with van der Waals surface area (Å²) < 4.78 is 31.4. The zero-order chi connectivity index (χ0) is 29.5. The van der Waals surface area contributed by atoms with Crippen molar-refractivity contribution in [2.75, 3.05) is 23.3 Å². The molecule has 2 aliphatic heterocycles. The summed E-state index contributed by atoms with van der Waals surface area (Å²) in [5.74, 6) is -2.00. The molecule has 2 N–H and O–H groups in total. The number of carbonyl (C=O) groups excluding carboxylic acids is 2. The lowest BCUT2D eigenvalue weighted by Crippen LogP contribution is -2.42. The number of aromatic nitrogens is 3. The van der Waals surface area contributed by atoms with Crippen LogP contribution in [0.2, 0.25) is 0 Å². The number of hydrogen-bond donors (Lipinski definition) is 2. The summed E-state index contributed by atoms with van der Waals surface area (Å²) in [6.45, 7) is 1.66. The van der Waals surface area contributed by atoms with Gasteiger partial charge in [0.05, 0.1) is 11.4 Å². The Hall–Kier alpha value is -5.45. The molecule has 0 spiro atoms. The highest BCUT2D eigenvalue weighted by Crippen LogP contribution is 2.30. The molecule has 11 heteroatoms. The maximum absolute atomic E-state index is 15.0. The standard InChI is InChI=1S/C32H25F2N7O2/c33-22-13-5-4-11-20(22)28-25(30-35-24(15-18-41(30)39-28)40-16-6-7-17-40)31(42)38-29-32(43)37-27-21(12-8-14-23(27)34)26(36-29)19-9-2-1-3-10-19/h1-5,8-15,18,29H,6-7,16-17H2,(H,37,43)(H,38,42)/t29-/m1/s1. The molecule has 1 saturated heterocycles. The lowest BCUT2D eigenvalue weighted by molar-refractivity contribution is -0.117. The Bertz CT molecular complexity index is 1920. The Kier molecular flexibility index (Phi) is 6.61. The Morgan fingerprint density at radius 1 is 0.884 bits per heavy atom. The third-order valence-corrected chi connectivity index (χ3v) is 7.60. The van der Waals surface area contributed by atoms with E-state index >= 15 is 4.39 Å². The molecular formula is C32H25F2N7O2. The number of nitrogens with zero attached hydrogens (tertiary/aromatic N) is 5. The van der Waals surface area contributed by atoms with Crippen molar-refractivity contribution in [3.8, 4) is 11.3 Å². The first-order valence-electron chi connectivity index (χ1n) is 13.9. The first-order valence-corrected chi connectivity index (χ1v) is 13.9. The summed E-state index contributed by atoms with van der Waals surface area (Å²) in [5, 5.41) is 9.79. The highest BCUT2D eigenvalue weighted by molar-refractivity contribution is 6.20. The summed E-state index contributed by atoms with van der Waals surface area (Å²) in [6, 6.07) is 21.2. The molecule has 4 heterocycles. The molecule has 0 aliphatic carbocycles. The smallest absolute Gasteiger partial charge is 0.269 e. The lowest BCUT2D eigenvalue weighted by atomic mass is 10.0. The fourth-order valence-electron chi connectivity index (χ4n) is 5.51. The third kappa shape index (κ3) is 4.78. The van der Waals surface area contributed by atoms with E-state index < -0.39 is 29.6 Å². The average molecular weight is 578 g/mol. The van der Waals surface area contributed by atoms with Crippen LogP contribution in [0, 0.1) is 11.6 Å². The summed E-state index contributed by atoms with van der Waals surface area (Å²) in [7, 11) is 0. The van der Waals surface area contributed by atoms with Crippen LogP contribution in [0.5, 0.6) is 0 Å². The van der Waals surface area contributed by atoms with Gasteiger partial charge >= 0.3 is 0 Å². The second-order valence-electron chi connectivity index (χ2n) is 10.3. The van der Waals surface area contributed by atoms with Gasteiger partial charge in [0.25, 0.3) is 11.8 Å². The van der Waals surface area contributed by atoms with Crippen LogP contribution in [0.15, 0.2) is 90.1 Å². The van der Waals surface area contributed by atoms with Gasteiger partial charge in [-0.05, 0) is 37.1 Å². The van der Waals surface area contributed by atoms with Crippen LogP contribution < -0.4 is 15.5 Å². The zero-order valence-electron chi connectivity index (χ0n) is 22.8. The van der Waals surface area contributed by atoms with Crippen molar-refractivity contribution in [3.05, 3.63) is 113 Å². The first kappa shape index (κ1) is 26.4. The first-order chi connectivity index (χ1) is 21.0. The average Bonchev–Trinajstić information content (AvgIpc) is 3.66. The normalized spacial score (nSPS) is 16.4. The number of para-hydroxylation sites is 1. The number of aliphatic imine (C=N–C) groups is 1. The molecule has 1 fully saturated rings. The van der Waals surface area contributed by atoms with Crippen molar-refractivity contribution >= 4 is 34.7 Å². The number of amides is 2. The van der Waals surface area contributed by atoms with Gasteiger partial charge in [-0.25, -0.2) is 23.3 Å². The molecule has 0 bridgehead atoms. The molecule has 7 rings (SSSR count). The van der Waals surface area contributed by atoms with Crippen LogP contribution in [-0.2, 0) is 4.79 Å². The van der Waals surface area contributed by atoms with Crippen LogP contribution >= 0.6 is 0 Å². The fraction of sp³-hybridized carbons (Fsp3) is 0.156. The molecule has 43 heavy (non-hydrogen) atoms. The number of hydrogen-bond acceptors (Lipinski definition) is 6. The van der Waals surface area contributed by atoms with Crippen molar-refractivity contribution in [1.82, 2.24) is 19.9 Å². The van der Waals surface area contributed by atoms with Crippen molar-refractivity contribution in [2.24, 2.45) is 4.99 Å². The monoisotopic (exact) mass is 577 g/mol. The predicted octanol–water partition coefficient (Wildman–Crippen LogP) is 4.82. The van der Waals surface area contributed by atoms with Crippen molar-refractivity contribution in [2.45, 2.75) is 19.0 Å². The van der Waals surface area contributed by atoms with E-state index in [9.17, 15) is 14.0 Å². The number of fused-ring (bicyclic) bond motifs is 2. The predicted molar refractivity (Wildman–Crippen MR) is 158 cm³/mol. The van der Waals surface area contributed by atoms with Gasteiger partial charge in [-0.2, -0.15) is 5.10 Å². The topological polar surface area (TPSA) is 104 Å². The number of rotatable bonds is 5. The Morgan fingerprint density at radius 3 is 2.40 bits per heavy atom. The van der Waals surface area contributed by atoms with E-state index in [2.05, 4.69) is 25.6 Å². The van der Waals surface area contributed by atoms with Crippen LogP contribution in [0.25, 0.3) is 16.9 Å². The van der Waals surface area contributed by atoms with E-state index in [-0.39, 0.29) is 28.2 Å². The zero-order valence-corrected chi connectivity index (χ0v) is 22.8. The highest BCUT2D eigenvalue weighted by Gasteiger charge is 2.32. The van der Waals surface area contributed by atoms with Gasteiger partial charge in [0, 0.05) is 36.0 Å². The SMILES string of the molecule is O=C(N[C@H]1N=C(c2ccccc2)c2cccc(F)c2NC1=O)c1c(-c2ccccc2F)nn2ccc(N3CCCC3)nc12. The molecule has 9 nitrogen and oxygen atoms in total. The quantitative estimate of drug-likeness (QED) is 0.312. The molecule has 2 amide bonds. The number of anilines is 2. The highest BCUT2D eigenvalue weighted by atomic mass is 19.1. The summed E-state index contributed by atoms with van der Waals surface area (Å²) >= 11 is 0. The van der Waals surface area contributed by atoms with Gasteiger partial charge in [-0.3, -0.25) is 9.59 Å². The Balaban J connectivity index is 1.34. The summed E-state index contributed by atoms with van der Waals surface area (Å²) in [6.07, 6.45) is 2.29. The Morgan fingerprint density at radius 2 is 1.60 bits per heavy atom. The van der Waals surface area contributed by atoms with Gasteiger partial charge in [-0.15, -0.1) is 0 Å². The van der Waals surface area contributed by atoms with Crippen LogP contribution in [0.1, 0.15) is 34.3 Å². The maximum atomic E-state index is 15.0. The number of nitrogens with one attached hydrogen (secondary N) is 2. The molecule has 1 atom stereocenters.